The first-order valence-corrected chi connectivity index (χ1v) is 8.60. The van der Waals surface area contributed by atoms with Crippen molar-refractivity contribution in [1.82, 2.24) is 5.32 Å². The molecular formula is C13H19ClN2O3S. The minimum atomic E-state index is -3.38. The van der Waals surface area contributed by atoms with Crippen LogP contribution in [0.2, 0.25) is 5.02 Å². The van der Waals surface area contributed by atoms with Crippen LogP contribution in [0.4, 0.5) is 5.69 Å². The van der Waals surface area contributed by atoms with Gasteiger partial charge in [-0.2, -0.15) is 0 Å². The van der Waals surface area contributed by atoms with Crippen LogP contribution in [-0.4, -0.2) is 33.9 Å². The molecule has 0 radical (unpaired) electrons. The average Bonchev–Trinajstić information content (AvgIpc) is 2.39. The molecule has 1 atom stereocenters. The van der Waals surface area contributed by atoms with Crippen molar-refractivity contribution in [3.63, 3.8) is 0 Å². The van der Waals surface area contributed by atoms with Crippen molar-refractivity contribution >= 4 is 27.3 Å². The van der Waals surface area contributed by atoms with Gasteiger partial charge in [-0.3, -0.25) is 4.72 Å². The van der Waals surface area contributed by atoms with Gasteiger partial charge in [0, 0.05) is 6.04 Å². The number of benzene rings is 1. The Labute approximate surface area is 124 Å². The lowest BCUT2D eigenvalue weighted by molar-refractivity contribution is 0.415. The van der Waals surface area contributed by atoms with Crippen molar-refractivity contribution in [2.75, 3.05) is 24.1 Å². The highest BCUT2D eigenvalue weighted by molar-refractivity contribution is 7.92. The average molecular weight is 319 g/mol. The van der Waals surface area contributed by atoms with Gasteiger partial charge < -0.3 is 10.1 Å². The molecule has 2 N–H and O–H groups in total. The summed E-state index contributed by atoms with van der Waals surface area (Å²) in [6, 6.07) is 4.84. The number of anilines is 1. The van der Waals surface area contributed by atoms with Crippen molar-refractivity contribution in [3.8, 4) is 5.75 Å². The zero-order valence-electron chi connectivity index (χ0n) is 11.4. The summed E-state index contributed by atoms with van der Waals surface area (Å²) in [4.78, 5) is 0. The minimum absolute atomic E-state index is 0.0231. The Morgan fingerprint density at radius 1 is 1.45 bits per heavy atom. The second-order valence-electron chi connectivity index (χ2n) is 4.88. The molecule has 0 saturated carbocycles. The van der Waals surface area contributed by atoms with Gasteiger partial charge in [-0.25, -0.2) is 8.42 Å². The molecular weight excluding hydrogens is 300 g/mol. The van der Waals surface area contributed by atoms with E-state index in [9.17, 15) is 8.42 Å². The summed E-state index contributed by atoms with van der Waals surface area (Å²) in [6.45, 7) is 0.883. The van der Waals surface area contributed by atoms with Gasteiger partial charge in [-0.1, -0.05) is 18.0 Å². The number of ether oxygens (including phenoxy) is 1. The summed E-state index contributed by atoms with van der Waals surface area (Å²) < 4.78 is 31.8. The monoisotopic (exact) mass is 318 g/mol. The smallest absolute Gasteiger partial charge is 0.234 e. The number of hydrogen-bond acceptors (Lipinski definition) is 4. The van der Waals surface area contributed by atoms with Gasteiger partial charge in [0.15, 0.2) is 0 Å². The lowest BCUT2D eigenvalue weighted by atomic mass is 10.1. The van der Waals surface area contributed by atoms with Crippen molar-refractivity contribution in [3.05, 3.63) is 23.2 Å². The number of halogens is 1. The van der Waals surface area contributed by atoms with Crippen LogP contribution in [0.15, 0.2) is 18.2 Å². The van der Waals surface area contributed by atoms with E-state index in [2.05, 4.69) is 10.0 Å². The quantitative estimate of drug-likeness (QED) is 0.873. The van der Waals surface area contributed by atoms with Crippen LogP contribution in [0.1, 0.15) is 19.3 Å². The molecule has 0 aromatic heterocycles. The van der Waals surface area contributed by atoms with Gasteiger partial charge in [-0.05, 0) is 37.6 Å². The largest absolute Gasteiger partial charge is 0.495 e. The van der Waals surface area contributed by atoms with E-state index >= 15 is 0 Å². The third-order valence-electron chi connectivity index (χ3n) is 3.26. The maximum atomic E-state index is 12.1. The first-order valence-electron chi connectivity index (χ1n) is 6.57. The molecule has 1 aliphatic heterocycles. The van der Waals surface area contributed by atoms with Gasteiger partial charge in [-0.15, -0.1) is 0 Å². The Balaban J connectivity index is 2.02. The van der Waals surface area contributed by atoms with Crippen LogP contribution in [0.3, 0.4) is 0 Å². The molecule has 2 rings (SSSR count). The van der Waals surface area contributed by atoms with Crippen molar-refractivity contribution in [2.45, 2.75) is 25.3 Å². The number of rotatable bonds is 5. The first-order chi connectivity index (χ1) is 9.50. The van der Waals surface area contributed by atoms with Crippen molar-refractivity contribution < 1.29 is 13.2 Å². The lowest BCUT2D eigenvalue weighted by Gasteiger charge is -2.23. The van der Waals surface area contributed by atoms with E-state index in [0.717, 1.165) is 25.8 Å². The highest BCUT2D eigenvalue weighted by Gasteiger charge is 2.21. The topological polar surface area (TPSA) is 67.4 Å². The summed E-state index contributed by atoms with van der Waals surface area (Å²) in [5.74, 6) is 0.597. The fourth-order valence-corrected chi connectivity index (χ4v) is 3.92. The molecule has 0 spiro atoms. The van der Waals surface area contributed by atoms with Gasteiger partial charge in [0.25, 0.3) is 0 Å². The molecule has 1 saturated heterocycles. The van der Waals surface area contributed by atoms with E-state index in [0.29, 0.717) is 16.5 Å². The van der Waals surface area contributed by atoms with Crippen LogP contribution in [-0.2, 0) is 10.0 Å². The van der Waals surface area contributed by atoms with E-state index in [1.165, 1.54) is 7.11 Å². The summed E-state index contributed by atoms with van der Waals surface area (Å²) in [5, 5.41) is 3.60. The molecule has 5 nitrogen and oxygen atoms in total. The predicted molar refractivity (Wildman–Crippen MR) is 81.1 cm³/mol. The Kier molecular flexibility index (Phi) is 5.12. The molecule has 0 aliphatic carbocycles. The number of hydrogen-bond donors (Lipinski definition) is 2. The van der Waals surface area contributed by atoms with Crippen LogP contribution >= 0.6 is 11.6 Å². The van der Waals surface area contributed by atoms with Gasteiger partial charge in [0.1, 0.15) is 5.75 Å². The number of methoxy groups -OCH3 is 1. The van der Waals surface area contributed by atoms with Crippen LogP contribution in [0.25, 0.3) is 0 Å². The molecule has 0 bridgehead atoms. The third-order valence-corrected chi connectivity index (χ3v) is 4.94. The summed E-state index contributed by atoms with van der Waals surface area (Å²) in [7, 11) is -1.87. The number of piperidine rings is 1. The van der Waals surface area contributed by atoms with E-state index < -0.39 is 10.0 Å². The Hall–Kier alpha value is -0.980. The minimum Gasteiger partial charge on any atom is -0.495 e. The van der Waals surface area contributed by atoms with Crippen molar-refractivity contribution in [1.29, 1.82) is 0 Å². The molecule has 1 aromatic carbocycles. The van der Waals surface area contributed by atoms with Crippen LogP contribution < -0.4 is 14.8 Å². The number of sulfonamides is 1. The molecule has 7 heteroatoms. The normalized spacial score (nSPS) is 19.6. The summed E-state index contributed by atoms with van der Waals surface area (Å²) in [5.41, 5.74) is 0.451. The lowest BCUT2D eigenvalue weighted by Crippen LogP contribution is -2.40. The third kappa shape index (κ3) is 4.26. The van der Waals surface area contributed by atoms with Gasteiger partial charge in [0.2, 0.25) is 10.0 Å². The van der Waals surface area contributed by atoms with Gasteiger partial charge >= 0.3 is 0 Å². The molecule has 0 amide bonds. The fraction of sp³-hybridized carbons (Fsp3) is 0.538. The molecule has 1 fully saturated rings. The second-order valence-corrected chi connectivity index (χ2v) is 7.05. The maximum Gasteiger partial charge on any atom is 0.234 e. The zero-order valence-corrected chi connectivity index (χ0v) is 12.9. The zero-order chi connectivity index (χ0) is 14.6. The maximum absolute atomic E-state index is 12.1. The summed E-state index contributed by atoms with van der Waals surface area (Å²) in [6.07, 6.45) is 3.07. The van der Waals surface area contributed by atoms with Gasteiger partial charge in [0.05, 0.1) is 23.6 Å². The molecule has 1 unspecified atom stereocenters. The predicted octanol–water partition coefficient (Wildman–Crippen LogP) is 2.23. The second kappa shape index (κ2) is 6.65. The highest BCUT2D eigenvalue weighted by Crippen LogP contribution is 2.27. The Morgan fingerprint density at radius 3 is 2.85 bits per heavy atom. The van der Waals surface area contributed by atoms with Crippen molar-refractivity contribution in [2.24, 2.45) is 0 Å². The fourth-order valence-electron chi connectivity index (χ4n) is 2.28. The standard InChI is InChI=1S/C13H19ClN2O3S/c1-19-13-6-5-10(8-12(13)14)16-20(17,18)9-11-4-2-3-7-15-11/h5-6,8,11,15-16H,2-4,7,9H2,1H3. The van der Waals surface area contributed by atoms with E-state index in [4.69, 9.17) is 16.3 Å². The highest BCUT2D eigenvalue weighted by atomic mass is 35.5. The SMILES string of the molecule is COc1ccc(NS(=O)(=O)CC2CCCCN2)cc1Cl. The Morgan fingerprint density at radius 2 is 2.25 bits per heavy atom. The van der Waals surface area contributed by atoms with E-state index in [-0.39, 0.29) is 11.8 Å². The molecule has 1 heterocycles. The molecule has 20 heavy (non-hydrogen) atoms. The molecule has 1 aliphatic rings. The van der Waals surface area contributed by atoms with Crippen LogP contribution in [0.5, 0.6) is 5.75 Å². The number of nitrogens with one attached hydrogen (secondary N) is 2. The molecule has 1 aromatic rings. The summed E-state index contributed by atoms with van der Waals surface area (Å²) >= 11 is 5.98. The Bertz CT molecular complexity index is 557. The van der Waals surface area contributed by atoms with E-state index in [1.54, 1.807) is 18.2 Å². The first kappa shape index (κ1) is 15.4. The molecule has 112 valence electrons. The van der Waals surface area contributed by atoms with E-state index in [1.807, 2.05) is 0 Å². The van der Waals surface area contributed by atoms with Crippen LogP contribution in [0, 0.1) is 0 Å².